The Balaban J connectivity index is 1.56. The van der Waals surface area contributed by atoms with E-state index in [4.69, 9.17) is 9.47 Å². The Morgan fingerprint density at radius 2 is 2.03 bits per heavy atom. The van der Waals surface area contributed by atoms with Crippen molar-refractivity contribution < 1.29 is 22.6 Å². The molecule has 36 heavy (non-hydrogen) atoms. The number of hydrogen-bond acceptors (Lipinski definition) is 6. The van der Waals surface area contributed by atoms with E-state index >= 15 is 0 Å². The maximum atomic E-state index is 14.0. The predicted molar refractivity (Wildman–Crippen MR) is 126 cm³/mol. The Bertz CT molecular complexity index is 1480. The number of anilines is 2. The van der Waals surface area contributed by atoms with Crippen LogP contribution in [0.25, 0.3) is 5.69 Å². The minimum Gasteiger partial charge on any atom is -0.494 e. The molecule has 3 heterocycles. The van der Waals surface area contributed by atoms with Crippen molar-refractivity contribution in [2.45, 2.75) is 25.8 Å². The number of benzene rings is 2. The van der Waals surface area contributed by atoms with Crippen LogP contribution in [0, 0.1) is 12.7 Å². The quantitative estimate of drug-likeness (QED) is 0.407. The maximum absolute atomic E-state index is 14.0. The molecule has 0 fully saturated rings. The highest BCUT2D eigenvalue weighted by Gasteiger charge is 2.28. The van der Waals surface area contributed by atoms with Crippen LogP contribution in [0.4, 0.5) is 24.5 Å². The fourth-order valence-corrected chi connectivity index (χ4v) is 4.22. The van der Waals surface area contributed by atoms with Crippen molar-refractivity contribution in [2.24, 2.45) is 0 Å². The van der Waals surface area contributed by atoms with E-state index in [2.05, 4.69) is 15.4 Å². The lowest BCUT2D eigenvalue weighted by Crippen LogP contribution is -2.33. The fraction of sp³-hybridized carbons (Fsp3) is 0.240. The number of aryl methyl sites for hydroxylation is 1. The van der Waals surface area contributed by atoms with Crippen molar-refractivity contribution in [1.29, 1.82) is 0 Å². The second-order valence-electron chi connectivity index (χ2n) is 8.30. The smallest absolute Gasteiger partial charge is 0.291 e. The van der Waals surface area contributed by atoms with Gasteiger partial charge in [0, 0.05) is 29.9 Å². The van der Waals surface area contributed by atoms with Crippen molar-refractivity contribution in [2.75, 3.05) is 19.0 Å². The van der Waals surface area contributed by atoms with Crippen LogP contribution in [-0.2, 0) is 0 Å². The number of methoxy groups -OCH3 is 1. The molecule has 2 aromatic heterocycles. The van der Waals surface area contributed by atoms with E-state index in [0.717, 1.165) is 16.4 Å². The van der Waals surface area contributed by atoms with Gasteiger partial charge in [-0.1, -0.05) is 0 Å². The summed E-state index contributed by atoms with van der Waals surface area (Å²) in [6.45, 7) is 2.09. The summed E-state index contributed by atoms with van der Waals surface area (Å²) in [7, 11) is 1.50. The number of imidazole rings is 1. The second-order valence-corrected chi connectivity index (χ2v) is 8.30. The number of halogens is 3. The summed E-state index contributed by atoms with van der Waals surface area (Å²) in [4.78, 5) is 17.6. The predicted octanol–water partition coefficient (Wildman–Crippen LogP) is 4.94. The van der Waals surface area contributed by atoms with Gasteiger partial charge in [-0.15, -0.1) is 0 Å². The highest BCUT2D eigenvalue weighted by molar-refractivity contribution is 5.64. The lowest BCUT2D eigenvalue weighted by atomic mass is 10.0. The van der Waals surface area contributed by atoms with Crippen LogP contribution in [0.2, 0.25) is 0 Å². The summed E-state index contributed by atoms with van der Waals surface area (Å²) in [6, 6.07) is 9.28. The summed E-state index contributed by atoms with van der Waals surface area (Å²) >= 11 is 0. The molecule has 0 spiro atoms. The van der Waals surface area contributed by atoms with E-state index in [9.17, 15) is 18.0 Å². The molecule has 0 aliphatic carbocycles. The van der Waals surface area contributed by atoms with Gasteiger partial charge in [-0.05, 0) is 43.3 Å². The van der Waals surface area contributed by atoms with Gasteiger partial charge in [-0.2, -0.15) is 5.10 Å². The largest absolute Gasteiger partial charge is 0.494 e. The zero-order valence-corrected chi connectivity index (χ0v) is 19.4. The van der Waals surface area contributed by atoms with E-state index in [0.29, 0.717) is 28.4 Å². The number of hydrogen-bond donors (Lipinski definition) is 1. The Labute approximate surface area is 203 Å². The average Bonchev–Trinajstić information content (AvgIpc) is 3.30. The molecule has 4 aromatic rings. The summed E-state index contributed by atoms with van der Waals surface area (Å²) < 4.78 is 55.3. The fourth-order valence-electron chi connectivity index (χ4n) is 4.22. The molecule has 0 radical (unpaired) electrons. The van der Waals surface area contributed by atoms with Gasteiger partial charge in [-0.3, -0.25) is 4.79 Å². The van der Waals surface area contributed by atoms with Crippen molar-refractivity contribution in [3.05, 3.63) is 88.1 Å². The van der Waals surface area contributed by atoms with Gasteiger partial charge in [0.05, 0.1) is 37.5 Å². The summed E-state index contributed by atoms with van der Waals surface area (Å²) in [5.74, 6) is 0.337. The lowest BCUT2D eigenvalue weighted by molar-refractivity contribution is 0.141. The molecule has 0 saturated carbocycles. The normalized spacial score (nSPS) is 14.9. The first-order valence-corrected chi connectivity index (χ1v) is 11.1. The van der Waals surface area contributed by atoms with Crippen molar-refractivity contribution in [3.63, 3.8) is 0 Å². The van der Waals surface area contributed by atoms with Crippen LogP contribution in [0.15, 0.2) is 59.8 Å². The van der Waals surface area contributed by atoms with Gasteiger partial charge in [0.25, 0.3) is 12.0 Å². The van der Waals surface area contributed by atoms with Crippen LogP contribution in [0.3, 0.4) is 0 Å². The number of rotatable bonds is 6. The van der Waals surface area contributed by atoms with Crippen LogP contribution in [-0.4, -0.2) is 33.0 Å². The summed E-state index contributed by atoms with van der Waals surface area (Å²) in [5.41, 5.74) is 1.04. The zero-order chi connectivity index (χ0) is 25.4. The van der Waals surface area contributed by atoms with E-state index in [1.165, 1.54) is 25.3 Å². The van der Waals surface area contributed by atoms with Crippen LogP contribution in [0.5, 0.6) is 11.5 Å². The molecule has 1 unspecified atom stereocenters. The van der Waals surface area contributed by atoms with Gasteiger partial charge in [-0.25, -0.2) is 22.8 Å². The third-order valence-corrected chi connectivity index (χ3v) is 5.90. The van der Waals surface area contributed by atoms with Crippen LogP contribution < -0.4 is 20.3 Å². The van der Waals surface area contributed by atoms with Crippen molar-refractivity contribution in [1.82, 2.24) is 19.3 Å². The molecule has 1 aliphatic heterocycles. The third-order valence-electron chi connectivity index (χ3n) is 5.90. The molecule has 2 aromatic carbocycles. The summed E-state index contributed by atoms with van der Waals surface area (Å²) in [5, 5.41) is 6.84. The first-order valence-electron chi connectivity index (χ1n) is 11.1. The number of nitrogens with one attached hydrogen (secondary N) is 1. The lowest BCUT2D eigenvalue weighted by Gasteiger charge is -2.27. The topological polar surface area (TPSA) is 83.2 Å². The van der Waals surface area contributed by atoms with E-state index in [-0.39, 0.29) is 18.7 Å². The number of aromatic nitrogens is 4. The molecule has 1 aliphatic rings. The zero-order valence-electron chi connectivity index (χ0n) is 19.4. The highest BCUT2D eigenvalue weighted by atomic mass is 19.3. The molecule has 0 bridgehead atoms. The Morgan fingerprint density at radius 1 is 1.19 bits per heavy atom. The number of nitrogens with zero attached hydrogens (tertiary/aromatic N) is 4. The van der Waals surface area contributed by atoms with Crippen LogP contribution in [0.1, 0.15) is 35.8 Å². The molecule has 186 valence electrons. The average molecular weight is 497 g/mol. The molecular formula is C25H22F3N5O3. The van der Waals surface area contributed by atoms with Gasteiger partial charge < -0.3 is 19.4 Å². The van der Waals surface area contributed by atoms with E-state index in [1.807, 2.05) is 13.1 Å². The van der Waals surface area contributed by atoms with E-state index < -0.39 is 29.5 Å². The van der Waals surface area contributed by atoms with Crippen molar-refractivity contribution in [3.8, 4) is 17.2 Å². The van der Waals surface area contributed by atoms with Gasteiger partial charge in [0.1, 0.15) is 28.7 Å². The molecule has 1 N–H and O–H groups in total. The second kappa shape index (κ2) is 9.40. The molecular weight excluding hydrogens is 475 g/mol. The minimum atomic E-state index is -2.93. The molecule has 11 heteroatoms. The first kappa shape index (κ1) is 23.5. The van der Waals surface area contributed by atoms with Crippen molar-refractivity contribution >= 4 is 11.4 Å². The molecule has 5 rings (SSSR count). The Kier molecular flexibility index (Phi) is 6.13. The number of fused-ring (bicyclic) bond motifs is 1. The molecule has 0 saturated heterocycles. The third kappa shape index (κ3) is 4.39. The molecule has 1 atom stereocenters. The maximum Gasteiger partial charge on any atom is 0.291 e. The first-order chi connectivity index (χ1) is 17.3. The minimum absolute atomic E-state index is 0.0991. The molecule has 0 amide bonds. The van der Waals surface area contributed by atoms with Crippen LogP contribution >= 0.6 is 0 Å². The number of alkyl halides is 2. The van der Waals surface area contributed by atoms with Gasteiger partial charge in [0.15, 0.2) is 0 Å². The standard InChI is InChI=1S/C25H22F3N5O3/c1-14-12-32(13-29-14)21-5-4-16(10-23(21)35-2)30-19-11-18(24(27)28)31-33(25(19)34)20-7-8-36-22-6-3-15(26)9-17(20)22/h3-6,9-13,20,24,30H,7-8H2,1-2H3. The number of ether oxygens (including phenoxy) is 2. The highest BCUT2D eigenvalue weighted by Crippen LogP contribution is 2.35. The van der Waals surface area contributed by atoms with Gasteiger partial charge >= 0.3 is 0 Å². The SMILES string of the molecule is COc1cc(Nc2cc(C(F)F)nn(C3CCOc4ccc(F)cc43)c2=O)ccc1-n1cnc(C)c1. The van der Waals surface area contributed by atoms with E-state index in [1.54, 1.807) is 29.1 Å². The van der Waals surface area contributed by atoms with Gasteiger partial charge in [0.2, 0.25) is 0 Å². The Morgan fingerprint density at radius 3 is 2.75 bits per heavy atom. The summed E-state index contributed by atoms with van der Waals surface area (Å²) in [6.07, 6.45) is 0.814. The molecule has 8 nitrogen and oxygen atoms in total. The Hall–Kier alpha value is -4.28. The monoisotopic (exact) mass is 497 g/mol.